The Hall–Kier alpha value is -1.60. The van der Waals surface area contributed by atoms with E-state index in [4.69, 9.17) is 0 Å². The van der Waals surface area contributed by atoms with Crippen molar-refractivity contribution in [3.63, 3.8) is 0 Å². The van der Waals surface area contributed by atoms with Gasteiger partial charge < -0.3 is 10.6 Å². The van der Waals surface area contributed by atoms with Crippen molar-refractivity contribution in [2.45, 2.75) is 26.2 Å². The van der Waals surface area contributed by atoms with Gasteiger partial charge in [0.1, 0.15) is 0 Å². The molecular weight excluding hydrogens is 302 g/mol. The topological polar surface area (TPSA) is 87.3 Å². The lowest BCUT2D eigenvalue weighted by molar-refractivity contribution is -0.117. The Morgan fingerprint density at radius 3 is 2.36 bits per heavy atom. The van der Waals surface area contributed by atoms with Crippen molar-refractivity contribution in [3.8, 4) is 0 Å². The van der Waals surface area contributed by atoms with Gasteiger partial charge in [-0.25, -0.2) is 8.42 Å². The van der Waals surface area contributed by atoms with Gasteiger partial charge in [-0.15, -0.1) is 0 Å². The summed E-state index contributed by atoms with van der Waals surface area (Å²) in [5.41, 5.74) is 1.18. The Morgan fingerprint density at radius 1 is 1.18 bits per heavy atom. The summed E-state index contributed by atoms with van der Waals surface area (Å²) in [7, 11) is -3.27. The number of piperidine rings is 1. The maximum absolute atomic E-state index is 12.0. The molecule has 1 fully saturated rings. The Morgan fingerprint density at radius 2 is 1.77 bits per heavy atom. The van der Waals surface area contributed by atoms with Crippen molar-refractivity contribution in [3.05, 3.63) is 24.3 Å². The predicted molar refractivity (Wildman–Crippen MR) is 88.4 cm³/mol. The van der Waals surface area contributed by atoms with Crippen molar-refractivity contribution in [2.75, 3.05) is 28.9 Å². The monoisotopic (exact) mass is 325 g/mol. The first-order valence-electron chi connectivity index (χ1n) is 7.59. The molecule has 3 N–H and O–H groups in total. The number of amides is 1. The Labute approximate surface area is 131 Å². The van der Waals surface area contributed by atoms with E-state index in [1.807, 2.05) is 0 Å². The molecule has 1 heterocycles. The van der Waals surface area contributed by atoms with Gasteiger partial charge in [0.15, 0.2) is 0 Å². The molecule has 1 aromatic rings. The average molecular weight is 325 g/mol. The molecule has 6 nitrogen and oxygen atoms in total. The van der Waals surface area contributed by atoms with Crippen molar-refractivity contribution >= 4 is 27.3 Å². The van der Waals surface area contributed by atoms with E-state index in [0.717, 1.165) is 25.9 Å². The highest BCUT2D eigenvalue weighted by Gasteiger charge is 2.16. The Balaban J connectivity index is 1.86. The highest BCUT2D eigenvalue weighted by atomic mass is 32.2. The summed E-state index contributed by atoms with van der Waals surface area (Å²) in [4.78, 5) is 12.0. The first-order chi connectivity index (χ1) is 10.5. The van der Waals surface area contributed by atoms with Gasteiger partial charge in [0.25, 0.3) is 0 Å². The summed E-state index contributed by atoms with van der Waals surface area (Å²) in [6.45, 7) is 3.53. The molecule has 22 heavy (non-hydrogen) atoms. The van der Waals surface area contributed by atoms with Crippen LogP contribution in [0.5, 0.6) is 0 Å². The first-order valence-corrected chi connectivity index (χ1v) is 9.25. The number of hydrogen-bond donors (Lipinski definition) is 3. The summed E-state index contributed by atoms with van der Waals surface area (Å²) in [5.74, 6) is 0.479. The first kappa shape index (κ1) is 16.8. The molecule has 1 aliphatic rings. The summed E-state index contributed by atoms with van der Waals surface area (Å²) in [6, 6.07) is 6.70. The molecular formula is C15H23N3O3S. The summed E-state index contributed by atoms with van der Waals surface area (Å²) in [5, 5.41) is 6.14. The zero-order chi connectivity index (χ0) is 16.0. The second-order valence-electron chi connectivity index (χ2n) is 5.53. The van der Waals surface area contributed by atoms with Crippen LogP contribution >= 0.6 is 0 Å². The molecule has 1 aliphatic heterocycles. The fourth-order valence-corrected chi connectivity index (χ4v) is 3.07. The molecule has 2 rings (SSSR count). The number of nitrogens with one attached hydrogen (secondary N) is 3. The summed E-state index contributed by atoms with van der Waals surface area (Å²) >= 11 is 0. The van der Waals surface area contributed by atoms with E-state index in [9.17, 15) is 13.2 Å². The van der Waals surface area contributed by atoms with Crippen LogP contribution in [0.25, 0.3) is 0 Å². The lowest BCUT2D eigenvalue weighted by Crippen LogP contribution is -2.30. The molecule has 0 aromatic heterocycles. The molecule has 0 unspecified atom stereocenters. The van der Waals surface area contributed by atoms with Crippen molar-refractivity contribution in [2.24, 2.45) is 5.92 Å². The molecule has 0 radical (unpaired) electrons. The van der Waals surface area contributed by atoms with Crippen LogP contribution < -0.4 is 15.4 Å². The maximum atomic E-state index is 12.0. The number of sulfonamides is 1. The second kappa shape index (κ2) is 7.60. The van der Waals surface area contributed by atoms with E-state index in [1.54, 1.807) is 31.2 Å². The van der Waals surface area contributed by atoms with Crippen LogP contribution in [0, 0.1) is 5.92 Å². The summed E-state index contributed by atoms with van der Waals surface area (Å²) in [6.07, 6.45) is 2.60. The molecule has 0 atom stereocenters. The minimum Gasteiger partial charge on any atom is -0.326 e. The fourth-order valence-electron chi connectivity index (χ4n) is 2.43. The van der Waals surface area contributed by atoms with Crippen LogP contribution in [0.4, 0.5) is 11.4 Å². The molecule has 122 valence electrons. The summed E-state index contributed by atoms with van der Waals surface area (Å²) < 4.78 is 25.4. The molecule has 0 aliphatic carbocycles. The third kappa shape index (κ3) is 5.31. The van der Waals surface area contributed by atoms with Gasteiger partial charge in [-0.1, -0.05) is 0 Å². The van der Waals surface area contributed by atoms with Gasteiger partial charge in [-0.3, -0.25) is 9.52 Å². The normalized spacial score (nSPS) is 16.2. The van der Waals surface area contributed by atoms with Crippen LogP contribution in [0.1, 0.15) is 26.2 Å². The van der Waals surface area contributed by atoms with E-state index in [1.165, 1.54) is 0 Å². The highest BCUT2D eigenvalue weighted by Crippen LogP contribution is 2.18. The second-order valence-corrected chi connectivity index (χ2v) is 7.54. The maximum Gasteiger partial charge on any atom is 0.232 e. The van der Waals surface area contributed by atoms with E-state index < -0.39 is 10.0 Å². The lowest BCUT2D eigenvalue weighted by atomic mass is 9.94. The molecule has 7 heteroatoms. The zero-order valence-corrected chi connectivity index (χ0v) is 13.6. The largest absolute Gasteiger partial charge is 0.326 e. The smallest absolute Gasteiger partial charge is 0.232 e. The quantitative estimate of drug-likeness (QED) is 0.744. The molecule has 1 aromatic carbocycles. The number of carbonyl (C=O) groups is 1. The van der Waals surface area contributed by atoms with Crippen LogP contribution in [-0.4, -0.2) is 33.2 Å². The lowest BCUT2D eigenvalue weighted by Gasteiger charge is -2.21. The number of benzene rings is 1. The van der Waals surface area contributed by atoms with E-state index in [-0.39, 0.29) is 11.7 Å². The van der Waals surface area contributed by atoms with Crippen LogP contribution in [0.3, 0.4) is 0 Å². The number of anilines is 2. The SMILES string of the molecule is CCS(=O)(=O)Nc1ccc(NC(=O)CC2CCNCC2)cc1. The minimum atomic E-state index is -3.27. The molecule has 0 saturated carbocycles. The highest BCUT2D eigenvalue weighted by molar-refractivity contribution is 7.92. The van der Waals surface area contributed by atoms with Gasteiger partial charge in [-0.2, -0.15) is 0 Å². The van der Waals surface area contributed by atoms with E-state index in [0.29, 0.717) is 23.7 Å². The van der Waals surface area contributed by atoms with Crippen molar-refractivity contribution in [1.29, 1.82) is 0 Å². The molecule has 0 bridgehead atoms. The number of hydrogen-bond acceptors (Lipinski definition) is 4. The average Bonchev–Trinajstić information content (AvgIpc) is 2.50. The molecule has 1 saturated heterocycles. The van der Waals surface area contributed by atoms with Crippen LogP contribution in [0.2, 0.25) is 0 Å². The van der Waals surface area contributed by atoms with Crippen LogP contribution in [-0.2, 0) is 14.8 Å². The van der Waals surface area contributed by atoms with Gasteiger partial charge >= 0.3 is 0 Å². The molecule has 0 spiro atoms. The predicted octanol–water partition coefficient (Wildman–Crippen LogP) is 1.78. The van der Waals surface area contributed by atoms with Gasteiger partial charge in [0.05, 0.1) is 5.75 Å². The van der Waals surface area contributed by atoms with Gasteiger partial charge in [0.2, 0.25) is 15.9 Å². The fraction of sp³-hybridized carbons (Fsp3) is 0.533. The third-order valence-electron chi connectivity index (χ3n) is 3.75. The Bertz CT molecular complexity index is 593. The number of carbonyl (C=O) groups excluding carboxylic acids is 1. The van der Waals surface area contributed by atoms with Gasteiger partial charge in [0, 0.05) is 17.8 Å². The minimum absolute atomic E-state index is 0.00814. The van der Waals surface area contributed by atoms with E-state index >= 15 is 0 Å². The van der Waals surface area contributed by atoms with Crippen molar-refractivity contribution < 1.29 is 13.2 Å². The van der Waals surface area contributed by atoms with Crippen molar-refractivity contribution in [1.82, 2.24) is 5.32 Å². The standard InChI is InChI=1S/C15H23N3O3S/c1-2-22(20,21)18-14-5-3-13(4-6-14)17-15(19)11-12-7-9-16-10-8-12/h3-6,12,16,18H,2,7-11H2,1H3,(H,17,19). The number of rotatable bonds is 6. The van der Waals surface area contributed by atoms with E-state index in [2.05, 4.69) is 15.4 Å². The zero-order valence-electron chi connectivity index (χ0n) is 12.8. The van der Waals surface area contributed by atoms with Crippen LogP contribution in [0.15, 0.2) is 24.3 Å². The van der Waals surface area contributed by atoms with Gasteiger partial charge in [-0.05, 0) is 63.0 Å². The third-order valence-corrected chi connectivity index (χ3v) is 5.06. The Kier molecular flexibility index (Phi) is 5.79. The molecule has 1 amide bonds.